The summed E-state index contributed by atoms with van der Waals surface area (Å²) < 4.78 is 35.3. The summed E-state index contributed by atoms with van der Waals surface area (Å²) in [5.74, 6) is -1.82. The number of furan rings is 1. The summed E-state index contributed by atoms with van der Waals surface area (Å²) in [5.41, 5.74) is 5.91. The monoisotopic (exact) mass is 488 g/mol. The lowest BCUT2D eigenvalue weighted by Gasteiger charge is -2.07. The molecule has 0 saturated carbocycles. The Balaban J connectivity index is 1.62. The van der Waals surface area contributed by atoms with Crippen LogP contribution < -0.4 is 5.73 Å². The first-order valence-corrected chi connectivity index (χ1v) is 10.4. The fraction of sp³-hybridized carbons (Fsp3) is 0.227. The Morgan fingerprint density at radius 1 is 1.12 bits per heavy atom. The number of esters is 2. The van der Waals surface area contributed by atoms with Gasteiger partial charge in [-0.2, -0.15) is 4.98 Å². The second-order valence-corrected chi connectivity index (χ2v) is 7.50. The van der Waals surface area contributed by atoms with Crippen molar-refractivity contribution in [3.05, 3.63) is 57.5 Å². The first-order chi connectivity index (χ1) is 16.2. The number of carbonyl (C=O) groups is 2. The highest BCUT2D eigenvalue weighted by Gasteiger charge is 2.28. The third-order valence-electron chi connectivity index (χ3n) is 4.88. The number of ether oxygens (including phenoxy) is 2. The van der Waals surface area contributed by atoms with Gasteiger partial charge in [-0.15, -0.1) is 0 Å². The number of halogens is 2. The molecule has 1 aromatic carbocycles. The molecule has 0 aliphatic heterocycles. The van der Waals surface area contributed by atoms with Crippen molar-refractivity contribution in [1.82, 2.24) is 15.1 Å². The van der Waals surface area contributed by atoms with Crippen molar-refractivity contribution in [1.29, 1.82) is 0 Å². The maximum Gasteiger partial charge on any atom is 0.344 e. The molecule has 0 saturated heterocycles. The van der Waals surface area contributed by atoms with E-state index < -0.39 is 24.4 Å². The van der Waals surface area contributed by atoms with Crippen LogP contribution in [0.25, 0.3) is 22.4 Å². The van der Waals surface area contributed by atoms with Crippen LogP contribution in [0.2, 0.25) is 5.02 Å². The third kappa shape index (κ3) is 4.05. The molecule has 3 aromatic heterocycles. The molecule has 3 heterocycles. The lowest BCUT2D eigenvalue weighted by molar-refractivity contribution is 0.0460. The number of anilines is 1. The van der Waals surface area contributed by atoms with E-state index in [-0.39, 0.29) is 68.3 Å². The highest BCUT2D eigenvalue weighted by molar-refractivity contribution is 6.33. The van der Waals surface area contributed by atoms with Crippen molar-refractivity contribution in [2.75, 3.05) is 12.3 Å². The molecule has 0 aliphatic rings. The number of hydrogen-bond donors (Lipinski definition) is 1. The predicted molar refractivity (Wildman–Crippen MR) is 118 cm³/mol. The first-order valence-electron chi connectivity index (χ1n) is 10.0. The van der Waals surface area contributed by atoms with Crippen molar-refractivity contribution < 1.29 is 32.4 Å². The Morgan fingerprint density at radius 2 is 1.85 bits per heavy atom. The Labute approximate surface area is 196 Å². The van der Waals surface area contributed by atoms with Crippen LogP contribution in [-0.4, -0.2) is 33.7 Å². The molecule has 2 N–H and O–H groups in total. The molecular formula is C22H18ClFN4O6. The molecule has 0 amide bonds. The van der Waals surface area contributed by atoms with Crippen molar-refractivity contribution in [3.63, 3.8) is 0 Å². The van der Waals surface area contributed by atoms with Gasteiger partial charge in [0.05, 0.1) is 22.6 Å². The summed E-state index contributed by atoms with van der Waals surface area (Å²) in [6.45, 7) is 4.48. The van der Waals surface area contributed by atoms with Crippen molar-refractivity contribution in [3.8, 4) is 11.3 Å². The minimum Gasteiger partial charge on any atom is -0.462 e. The van der Waals surface area contributed by atoms with Crippen LogP contribution in [0.3, 0.4) is 0 Å². The average Bonchev–Trinajstić information content (AvgIpc) is 3.31. The Hall–Kier alpha value is -3.99. The molecule has 34 heavy (non-hydrogen) atoms. The molecular weight excluding hydrogens is 471 g/mol. The topological polar surface area (TPSA) is 144 Å². The molecule has 0 fully saturated rings. The van der Waals surface area contributed by atoms with E-state index in [1.54, 1.807) is 13.8 Å². The lowest BCUT2D eigenvalue weighted by Crippen LogP contribution is -2.11. The van der Waals surface area contributed by atoms with Crippen LogP contribution >= 0.6 is 11.6 Å². The second kappa shape index (κ2) is 9.10. The van der Waals surface area contributed by atoms with Crippen molar-refractivity contribution >= 4 is 40.5 Å². The Bertz CT molecular complexity index is 1410. The van der Waals surface area contributed by atoms with E-state index in [1.165, 1.54) is 25.1 Å². The van der Waals surface area contributed by atoms with E-state index in [4.69, 9.17) is 35.7 Å². The van der Waals surface area contributed by atoms with Gasteiger partial charge in [0.25, 0.3) is 0 Å². The molecule has 0 bridgehead atoms. The van der Waals surface area contributed by atoms with Crippen LogP contribution in [0, 0.1) is 19.7 Å². The normalized spacial score (nSPS) is 11.1. The minimum atomic E-state index is -0.863. The molecule has 10 nitrogen and oxygen atoms in total. The third-order valence-corrected chi connectivity index (χ3v) is 5.20. The molecule has 4 aromatic rings. The maximum absolute atomic E-state index is 14.4. The zero-order chi connectivity index (χ0) is 24.6. The summed E-state index contributed by atoms with van der Waals surface area (Å²) in [6.07, 6.45) is 0. The van der Waals surface area contributed by atoms with Crippen LogP contribution in [0.15, 0.2) is 27.1 Å². The number of hydrogen-bond acceptors (Lipinski definition) is 10. The van der Waals surface area contributed by atoms with Crippen molar-refractivity contribution in [2.45, 2.75) is 27.4 Å². The number of nitrogens with two attached hydrogens (primary N) is 1. The number of nitrogen functional groups attached to an aromatic ring is 1. The molecule has 0 atom stereocenters. The largest absolute Gasteiger partial charge is 0.462 e. The van der Waals surface area contributed by atoms with Gasteiger partial charge in [-0.1, -0.05) is 22.8 Å². The molecule has 4 rings (SSSR count). The number of aromatic nitrogens is 3. The SMILES string of the molecule is CCOC(=O)c1c(C)oc2nc(COC(=O)c3c(-c4c(F)cccc4Cl)noc3C)nc(N)c12. The Morgan fingerprint density at radius 3 is 2.56 bits per heavy atom. The predicted octanol–water partition coefficient (Wildman–Crippen LogP) is 4.40. The number of benzene rings is 1. The summed E-state index contributed by atoms with van der Waals surface area (Å²) in [5, 5.41) is 4.03. The number of fused-ring (bicyclic) bond motifs is 1. The zero-order valence-corrected chi connectivity index (χ0v) is 19.0. The molecule has 176 valence electrons. The zero-order valence-electron chi connectivity index (χ0n) is 18.3. The molecule has 0 radical (unpaired) electrons. The Kier molecular flexibility index (Phi) is 6.20. The number of carbonyl (C=O) groups excluding carboxylic acids is 2. The summed E-state index contributed by atoms with van der Waals surface area (Å²) >= 11 is 6.10. The smallest absolute Gasteiger partial charge is 0.344 e. The van der Waals surface area contributed by atoms with E-state index in [2.05, 4.69) is 15.1 Å². The van der Waals surface area contributed by atoms with E-state index in [9.17, 15) is 14.0 Å². The van der Waals surface area contributed by atoms with E-state index >= 15 is 0 Å². The number of nitrogens with zero attached hydrogens (tertiary/aromatic N) is 3. The van der Waals surface area contributed by atoms with E-state index in [1.807, 2.05) is 0 Å². The minimum absolute atomic E-state index is 0.0158. The number of rotatable bonds is 6. The molecule has 0 spiro atoms. The fourth-order valence-electron chi connectivity index (χ4n) is 3.41. The molecule has 12 heteroatoms. The fourth-order valence-corrected chi connectivity index (χ4v) is 3.66. The summed E-state index contributed by atoms with van der Waals surface area (Å²) in [6, 6.07) is 4.07. The van der Waals surface area contributed by atoms with Crippen LogP contribution in [0.5, 0.6) is 0 Å². The quantitative estimate of drug-likeness (QED) is 0.387. The molecule has 0 aliphatic carbocycles. The van der Waals surface area contributed by atoms with Gasteiger partial charge >= 0.3 is 11.9 Å². The van der Waals surface area contributed by atoms with Crippen LogP contribution in [0.1, 0.15) is 45.0 Å². The summed E-state index contributed by atoms with van der Waals surface area (Å²) in [7, 11) is 0. The highest BCUT2D eigenvalue weighted by Crippen LogP contribution is 2.34. The standard InChI is InChI=1S/C22H18ClFN4O6/c1-4-31-21(29)14-9(2)33-20-17(14)19(25)26-13(27-20)8-32-22(30)15-10(3)34-28-18(15)16-11(23)6-5-7-12(16)24/h5-7H,4,8H2,1-3H3,(H2,25,26,27). The highest BCUT2D eigenvalue weighted by atomic mass is 35.5. The van der Waals surface area contributed by atoms with E-state index in [0.717, 1.165) is 0 Å². The van der Waals surface area contributed by atoms with Gasteiger partial charge in [0.2, 0.25) is 5.71 Å². The summed E-state index contributed by atoms with van der Waals surface area (Å²) in [4.78, 5) is 33.4. The van der Waals surface area contributed by atoms with Gasteiger partial charge in [-0.05, 0) is 32.9 Å². The van der Waals surface area contributed by atoms with E-state index in [0.29, 0.717) is 0 Å². The first kappa shape index (κ1) is 23.2. The lowest BCUT2D eigenvalue weighted by atomic mass is 10.1. The van der Waals surface area contributed by atoms with Crippen molar-refractivity contribution in [2.24, 2.45) is 0 Å². The van der Waals surface area contributed by atoms with Gasteiger partial charge in [0.15, 0.2) is 12.4 Å². The van der Waals surface area contributed by atoms with Crippen LogP contribution in [-0.2, 0) is 16.1 Å². The maximum atomic E-state index is 14.4. The van der Waals surface area contributed by atoms with Gasteiger partial charge in [0.1, 0.15) is 40.0 Å². The van der Waals surface area contributed by atoms with Gasteiger partial charge < -0.3 is 24.1 Å². The van der Waals surface area contributed by atoms with Gasteiger partial charge in [-0.25, -0.2) is 19.0 Å². The van der Waals surface area contributed by atoms with Crippen LogP contribution in [0.4, 0.5) is 10.2 Å². The van der Waals surface area contributed by atoms with Gasteiger partial charge in [0, 0.05) is 0 Å². The van der Waals surface area contributed by atoms with Gasteiger partial charge in [-0.3, -0.25) is 0 Å². The average molecular weight is 489 g/mol. The second-order valence-electron chi connectivity index (χ2n) is 7.09. The number of aryl methyl sites for hydroxylation is 2. The molecule has 0 unspecified atom stereocenters.